The Morgan fingerprint density at radius 3 is 3.08 bits per heavy atom. The average molecular weight is 360 g/mol. The molecule has 2 aliphatic heterocycles. The Morgan fingerprint density at radius 2 is 2.28 bits per heavy atom. The molecule has 0 radical (unpaired) electrons. The zero-order valence-electron chi connectivity index (χ0n) is 14.3. The van der Waals surface area contributed by atoms with Crippen molar-refractivity contribution in [3.63, 3.8) is 0 Å². The van der Waals surface area contributed by atoms with Crippen LogP contribution in [-0.2, 0) is 22.6 Å². The Kier molecular flexibility index (Phi) is 5.14. The second-order valence-corrected chi connectivity index (χ2v) is 7.89. The number of nitrogens with zero attached hydrogens (tertiary/aromatic N) is 3. The molecule has 1 fully saturated rings. The van der Waals surface area contributed by atoms with Gasteiger partial charge in [-0.25, -0.2) is 4.98 Å². The third kappa shape index (κ3) is 3.94. The van der Waals surface area contributed by atoms with Crippen molar-refractivity contribution in [3.8, 4) is 0 Å². The lowest BCUT2D eigenvalue weighted by Gasteiger charge is -2.36. The highest BCUT2D eigenvalue weighted by molar-refractivity contribution is 7.09. The highest BCUT2D eigenvalue weighted by Gasteiger charge is 2.31. The van der Waals surface area contributed by atoms with Crippen LogP contribution in [0.15, 0.2) is 30.0 Å². The number of imidazole rings is 1. The van der Waals surface area contributed by atoms with Crippen LogP contribution in [-0.4, -0.2) is 46.7 Å². The standard InChI is InChI=1S/C18H24N4O2S/c23-18(20-9-16-2-1-7-25-16)17-12-21(10-14-3-5-24-6-4-14)11-15-8-19-13-22(15)17/h1-2,7-8,13-14,17H,3-6,9-12H2,(H,20,23)/t17-/m1/s1. The highest BCUT2D eigenvalue weighted by Crippen LogP contribution is 2.24. The smallest absolute Gasteiger partial charge is 0.244 e. The van der Waals surface area contributed by atoms with Crippen LogP contribution in [0.4, 0.5) is 0 Å². The van der Waals surface area contributed by atoms with Gasteiger partial charge in [-0.05, 0) is 30.2 Å². The summed E-state index contributed by atoms with van der Waals surface area (Å²) in [4.78, 5) is 20.6. The molecule has 4 heterocycles. The lowest BCUT2D eigenvalue weighted by Crippen LogP contribution is -2.46. The van der Waals surface area contributed by atoms with Crippen LogP contribution < -0.4 is 5.32 Å². The SMILES string of the molecule is O=C(NCc1cccs1)[C@H]1CN(CC2CCOCC2)Cc2cncn21. The van der Waals surface area contributed by atoms with Gasteiger partial charge in [0.1, 0.15) is 6.04 Å². The van der Waals surface area contributed by atoms with Crippen molar-refractivity contribution < 1.29 is 9.53 Å². The van der Waals surface area contributed by atoms with Crippen molar-refractivity contribution in [2.75, 3.05) is 26.3 Å². The maximum Gasteiger partial charge on any atom is 0.244 e. The molecule has 0 aromatic carbocycles. The molecular formula is C18H24N4O2S. The van der Waals surface area contributed by atoms with E-state index in [1.165, 1.54) is 4.88 Å². The molecule has 1 amide bonds. The predicted octanol–water partition coefficient (Wildman–Crippen LogP) is 2.04. The maximum atomic E-state index is 12.8. The van der Waals surface area contributed by atoms with Gasteiger partial charge in [0, 0.05) is 43.9 Å². The Bertz CT molecular complexity index is 694. The number of thiophene rings is 1. The highest BCUT2D eigenvalue weighted by atomic mass is 32.1. The number of rotatable bonds is 5. The number of fused-ring (bicyclic) bond motifs is 1. The summed E-state index contributed by atoms with van der Waals surface area (Å²) in [5, 5.41) is 5.12. The van der Waals surface area contributed by atoms with E-state index in [0.29, 0.717) is 12.5 Å². The molecular weight excluding hydrogens is 336 g/mol. The van der Waals surface area contributed by atoms with E-state index in [4.69, 9.17) is 4.74 Å². The number of aromatic nitrogens is 2. The van der Waals surface area contributed by atoms with E-state index >= 15 is 0 Å². The normalized spacial score (nSPS) is 21.8. The van der Waals surface area contributed by atoms with E-state index in [-0.39, 0.29) is 11.9 Å². The Balaban J connectivity index is 1.42. The number of carbonyl (C=O) groups excluding carboxylic acids is 1. The zero-order chi connectivity index (χ0) is 17.1. The molecule has 1 N–H and O–H groups in total. The topological polar surface area (TPSA) is 59.4 Å². The average Bonchev–Trinajstić information content (AvgIpc) is 3.31. The first-order valence-corrected chi connectivity index (χ1v) is 9.78. The van der Waals surface area contributed by atoms with Crippen LogP contribution in [0.1, 0.15) is 29.5 Å². The number of hydrogen-bond acceptors (Lipinski definition) is 5. The number of carbonyl (C=O) groups is 1. The molecule has 4 rings (SSSR count). The van der Waals surface area contributed by atoms with Gasteiger partial charge in [-0.2, -0.15) is 0 Å². The summed E-state index contributed by atoms with van der Waals surface area (Å²) in [6, 6.07) is 3.86. The second-order valence-electron chi connectivity index (χ2n) is 6.86. The number of amides is 1. The van der Waals surface area contributed by atoms with Crippen LogP contribution in [0.3, 0.4) is 0 Å². The fourth-order valence-electron chi connectivity index (χ4n) is 3.71. The van der Waals surface area contributed by atoms with E-state index in [1.54, 1.807) is 17.7 Å². The van der Waals surface area contributed by atoms with E-state index in [1.807, 2.05) is 28.3 Å². The van der Waals surface area contributed by atoms with Gasteiger partial charge in [-0.1, -0.05) is 6.07 Å². The lowest BCUT2D eigenvalue weighted by atomic mass is 9.98. The minimum atomic E-state index is -0.203. The van der Waals surface area contributed by atoms with Gasteiger partial charge in [0.15, 0.2) is 0 Å². The van der Waals surface area contributed by atoms with Gasteiger partial charge in [-0.15, -0.1) is 11.3 Å². The first kappa shape index (κ1) is 16.8. The number of hydrogen-bond donors (Lipinski definition) is 1. The van der Waals surface area contributed by atoms with Crippen molar-refractivity contribution in [2.45, 2.75) is 32.0 Å². The molecule has 7 heteroatoms. The molecule has 2 aliphatic rings. The summed E-state index contributed by atoms with van der Waals surface area (Å²) in [5.41, 5.74) is 1.12. The van der Waals surface area contributed by atoms with Gasteiger partial charge in [0.05, 0.1) is 18.6 Å². The fourth-order valence-corrected chi connectivity index (χ4v) is 4.35. The molecule has 2 aromatic heterocycles. The minimum absolute atomic E-state index is 0.0735. The van der Waals surface area contributed by atoms with Gasteiger partial charge in [-0.3, -0.25) is 9.69 Å². The van der Waals surface area contributed by atoms with Crippen LogP contribution in [0, 0.1) is 5.92 Å². The first-order valence-electron chi connectivity index (χ1n) is 8.90. The molecule has 1 atom stereocenters. The van der Waals surface area contributed by atoms with Crippen molar-refractivity contribution in [2.24, 2.45) is 5.92 Å². The summed E-state index contributed by atoms with van der Waals surface area (Å²) in [6.07, 6.45) is 5.90. The number of ether oxygens (including phenoxy) is 1. The summed E-state index contributed by atoms with van der Waals surface area (Å²) in [5.74, 6) is 0.738. The van der Waals surface area contributed by atoms with Gasteiger partial charge in [0.2, 0.25) is 5.91 Å². The third-order valence-corrected chi connectivity index (χ3v) is 5.95. The lowest BCUT2D eigenvalue weighted by molar-refractivity contribution is -0.125. The van der Waals surface area contributed by atoms with Gasteiger partial charge < -0.3 is 14.6 Å². The third-order valence-electron chi connectivity index (χ3n) is 5.08. The quantitative estimate of drug-likeness (QED) is 0.887. The molecule has 25 heavy (non-hydrogen) atoms. The van der Waals surface area contributed by atoms with E-state index in [9.17, 15) is 4.79 Å². The second kappa shape index (κ2) is 7.68. The summed E-state index contributed by atoms with van der Waals surface area (Å²) >= 11 is 1.67. The Labute approximate surface area is 151 Å². The number of nitrogens with one attached hydrogen (secondary N) is 1. The summed E-state index contributed by atoms with van der Waals surface area (Å²) < 4.78 is 7.50. The van der Waals surface area contributed by atoms with Gasteiger partial charge in [0.25, 0.3) is 0 Å². The minimum Gasteiger partial charge on any atom is -0.381 e. The predicted molar refractivity (Wildman–Crippen MR) is 96.2 cm³/mol. The summed E-state index contributed by atoms with van der Waals surface area (Å²) in [6.45, 7) is 4.96. The molecule has 0 spiro atoms. The van der Waals surface area contributed by atoms with Crippen molar-refractivity contribution >= 4 is 17.2 Å². The maximum absolute atomic E-state index is 12.8. The van der Waals surface area contributed by atoms with Crippen LogP contribution >= 0.6 is 11.3 Å². The monoisotopic (exact) mass is 360 g/mol. The summed E-state index contributed by atoms with van der Waals surface area (Å²) in [7, 11) is 0. The Hall–Kier alpha value is -1.70. The molecule has 134 valence electrons. The van der Waals surface area contributed by atoms with Crippen LogP contribution in [0.5, 0.6) is 0 Å². The fraction of sp³-hybridized carbons (Fsp3) is 0.556. The zero-order valence-corrected chi connectivity index (χ0v) is 15.1. The van der Waals surface area contributed by atoms with Crippen molar-refractivity contribution in [3.05, 3.63) is 40.6 Å². The van der Waals surface area contributed by atoms with Crippen molar-refractivity contribution in [1.29, 1.82) is 0 Å². The van der Waals surface area contributed by atoms with E-state index in [2.05, 4.69) is 15.2 Å². The molecule has 2 aromatic rings. The largest absolute Gasteiger partial charge is 0.381 e. The molecule has 1 saturated heterocycles. The molecule has 0 bridgehead atoms. The first-order chi connectivity index (χ1) is 12.3. The van der Waals surface area contributed by atoms with Gasteiger partial charge >= 0.3 is 0 Å². The molecule has 0 unspecified atom stereocenters. The van der Waals surface area contributed by atoms with Crippen LogP contribution in [0.2, 0.25) is 0 Å². The van der Waals surface area contributed by atoms with Crippen molar-refractivity contribution in [1.82, 2.24) is 19.8 Å². The molecule has 0 aliphatic carbocycles. The van der Waals surface area contributed by atoms with E-state index < -0.39 is 0 Å². The molecule has 6 nitrogen and oxygen atoms in total. The van der Waals surface area contributed by atoms with E-state index in [0.717, 1.165) is 51.4 Å². The van der Waals surface area contributed by atoms with Crippen LogP contribution in [0.25, 0.3) is 0 Å². The molecule has 0 saturated carbocycles. The Morgan fingerprint density at radius 1 is 1.40 bits per heavy atom.